The van der Waals surface area contributed by atoms with E-state index in [0.29, 0.717) is 29.1 Å². The number of aromatic nitrogens is 2. The van der Waals surface area contributed by atoms with Crippen LogP contribution in [0.4, 0.5) is 15.8 Å². The zero-order valence-corrected chi connectivity index (χ0v) is 16.6. The van der Waals surface area contributed by atoms with Crippen molar-refractivity contribution in [3.8, 4) is 0 Å². The van der Waals surface area contributed by atoms with E-state index in [2.05, 4.69) is 15.7 Å². The fourth-order valence-electron chi connectivity index (χ4n) is 3.05. The van der Waals surface area contributed by atoms with Crippen molar-refractivity contribution in [2.75, 3.05) is 10.6 Å². The van der Waals surface area contributed by atoms with Crippen LogP contribution in [0.3, 0.4) is 0 Å². The second kappa shape index (κ2) is 8.66. The Morgan fingerprint density at radius 2 is 1.87 bits per heavy atom. The van der Waals surface area contributed by atoms with Crippen molar-refractivity contribution < 1.29 is 18.4 Å². The van der Waals surface area contributed by atoms with Gasteiger partial charge in [-0.25, -0.2) is 4.39 Å². The minimum atomic E-state index is -0.615. The number of carbonyl (C=O) groups excluding carboxylic acids is 2. The van der Waals surface area contributed by atoms with Crippen molar-refractivity contribution in [2.45, 2.75) is 13.5 Å². The Balaban J connectivity index is 1.44. The van der Waals surface area contributed by atoms with Gasteiger partial charge in [0.15, 0.2) is 0 Å². The lowest BCUT2D eigenvalue weighted by molar-refractivity contribution is 0.101. The van der Waals surface area contributed by atoms with E-state index in [1.54, 1.807) is 29.9 Å². The number of aryl methyl sites for hydroxylation is 1. The molecule has 0 saturated carbocycles. The Hall–Kier alpha value is -4.20. The number of carbonyl (C=O) groups is 2. The highest BCUT2D eigenvalue weighted by Crippen LogP contribution is 2.22. The van der Waals surface area contributed by atoms with Gasteiger partial charge in [0.1, 0.15) is 11.6 Å². The lowest BCUT2D eigenvalue weighted by Crippen LogP contribution is -2.15. The van der Waals surface area contributed by atoms with E-state index >= 15 is 0 Å². The summed E-state index contributed by atoms with van der Waals surface area (Å²) in [5, 5.41) is 9.37. The fourth-order valence-corrected chi connectivity index (χ4v) is 3.05. The first-order valence-electron chi connectivity index (χ1n) is 9.52. The predicted molar refractivity (Wildman–Crippen MR) is 114 cm³/mol. The maximum absolute atomic E-state index is 14.2. The van der Waals surface area contributed by atoms with Crippen LogP contribution in [0.1, 0.15) is 32.0 Å². The van der Waals surface area contributed by atoms with Crippen LogP contribution < -0.4 is 10.6 Å². The van der Waals surface area contributed by atoms with Crippen LogP contribution in [-0.2, 0) is 6.54 Å². The van der Waals surface area contributed by atoms with Crippen LogP contribution in [0.2, 0.25) is 0 Å². The summed E-state index contributed by atoms with van der Waals surface area (Å²) >= 11 is 0. The average molecular weight is 418 g/mol. The molecule has 0 saturated heterocycles. The van der Waals surface area contributed by atoms with Gasteiger partial charge in [0, 0.05) is 23.6 Å². The molecule has 2 amide bonds. The molecule has 2 heterocycles. The van der Waals surface area contributed by atoms with Crippen molar-refractivity contribution in [3.05, 3.63) is 102 Å². The topological polar surface area (TPSA) is 89.2 Å². The van der Waals surface area contributed by atoms with Crippen molar-refractivity contribution in [3.63, 3.8) is 0 Å². The van der Waals surface area contributed by atoms with E-state index in [1.807, 2.05) is 24.4 Å². The summed E-state index contributed by atoms with van der Waals surface area (Å²) in [6.45, 7) is 2.24. The Morgan fingerprint density at radius 1 is 1.06 bits per heavy atom. The second-order valence-electron chi connectivity index (χ2n) is 6.89. The molecule has 0 spiro atoms. The molecule has 2 N–H and O–H groups in total. The molecule has 31 heavy (non-hydrogen) atoms. The van der Waals surface area contributed by atoms with Gasteiger partial charge in [-0.05, 0) is 55.0 Å². The maximum Gasteiger partial charge on any atom is 0.259 e. The third kappa shape index (κ3) is 4.69. The summed E-state index contributed by atoms with van der Waals surface area (Å²) in [6, 6.07) is 14.4. The van der Waals surface area contributed by atoms with Crippen molar-refractivity contribution in [1.82, 2.24) is 9.78 Å². The molecule has 0 aliphatic carbocycles. The molecule has 2 aromatic heterocycles. The third-order valence-corrected chi connectivity index (χ3v) is 4.70. The highest BCUT2D eigenvalue weighted by Gasteiger charge is 2.15. The molecule has 0 bridgehead atoms. The Labute approximate surface area is 177 Å². The molecule has 0 aliphatic heterocycles. The van der Waals surface area contributed by atoms with Gasteiger partial charge < -0.3 is 15.1 Å². The highest BCUT2D eigenvalue weighted by molar-refractivity contribution is 6.06. The smallest absolute Gasteiger partial charge is 0.259 e. The molecule has 4 aromatic rings. The van der Waals surface area contributed by atoms with Crippen LogP contribution >= 0.6 is 0 Å². The van der Waals surface area contributed by atoms with Crippen LogP contribution in [0, 0.1) is 12.7 Å². The van der Waals surface area contributed by atoms with E-state index in [0.717, 1.165) is 5.56 Å². The molecule has 0 aliphatic rings. The molecule has 0 unspecified atom stereocenters. The minimum Gasteiger partial charge on any atom is -0.469 e. The number of benzene rings is 2. The summed E-state index contributed by atoms with van der Waals surface area (Å²) in [5.74, 6) is -1.03. The average Bonchev–Trinajstić information content (AvgIpc) is 3.42. The largest absolute Gasteiger partial charge is 0.469 e. The van der Waals surface area contributed by atoms with Crippen LogP contribution in [0.15, 0.2) is 77.7 Å². The summed E-state index contributed by atoms with van der Waals surface area (Å²) in [4.78, 5) is 24.9. The minimum absolute atomic E-state index is 0.0435. The lowest BCUT2D eigenvalue weighted by atomic mass is 10.1. The first-order valence-corrected chi connectivity index (χ1v) is 9.52. The molecule has 0 radical (unpaired) electrons. The van der Waals surface area contributed by atoms with Gasteiger partial charge in [0.25, 0.3) is 11.8 Å². The van der Waals surface area contributed by atoms with E-state index < -0.39 is 11.7 Å². The SMILES string of the molecule is Cc1occc1C(=O)Nc1cc(NC(=O)c2ccc(Cn3cccn3)cc2)ccc1F. The number of halogens is 1. The zero-order chi connectivity index (χ0) is 21.8. The first-order chi connectivity index (χ1) is 15.0. The fraction of sp³-hybridized carbons (Fsp3) is 0.0870. The molecular weight excluding hydrogens is 399 g/mol. The van der Waals surface area contributed by atoms with Crippen molar-refractivity contribution in [2.24, 2.45) is 0 Å². The van der Waals surface area contributed by atoms with Gasteiger partial charge in [0.2, 0.25) is 0 Å². The van der Waals surface area contributed by atoms with Crippen LogP contribution in [-0.4, -0.2) is 21.6 Å². The number of nitrogens with one attached hydrogen (secondary N) is 2. The van der Waals surface area contributed by atoms with Gasteiger partial charge in [-0.3, -0.25) is 14.3 Å². The van der Waals surface area contributed by atoms with E-state index in [4.69, 9.17) is 4.42 Å². The van der Waals surface area contributed by atoms with Crippen molar-refractivity contribution in [1.29, 1.82) is 0 Å². The number of hydrogen-bond acceptors (Lipinski definition) is 4. The van der Waals surface area contributed by atoms with Crippen LogP contribution in [0.25, 0.3) is 0 Å². The van der Waals surface area contributed by atoms with E-state index in [-0.39, 0.29) is 11.6 Å². The Kier molecular flexibility index (Phi) is 5.61. The van der Waals surface area contributed by atoms with Crippen LogP contribution in [0.5, 0.6) is 0 Å². The summed E-state index contributed by atoms with van der Waals surface area (Å²) in [6.07, 6.45) is 4.95. The third-order valence-electron chi connectivity index (χ3n) is 4.70. The molecule has 0 atom stereocenters. The number of anilines is 2. The molecule has 2 aromatic carbocycles. The van der Waals surface area contributed by atoms with Gasteiger partial charge in [-0.2, -0.15) is 5.10 Å². The Morgan fingerprint density at radius 3 is 2.55 bits per heavy atom. The zero-order valence-electron chi connectivity index (χ0n) is 16.6. The van der Waals surface area contributed by atoms with Crippen molar-refractivity contribution >= 4 is 23.2 Å². The lowest BCUT2D eigenvalue weighted by Gasteiger charge is -2.10. The summed E-state index contributed by atoms with van der Waals surface area (Å²) < 4.78 is 21.1. The number of furan rings is 1. The normalized spacial score (nSPS) is 10.6. The number of hydrogen-bond donors (Lipinski definition) is 2. The molecule has 7 nitrogen and oxygen atoms in total. The highest BCUT2D eigenvalue weighted by atomic mass is 19.1. The molecule has 8 heteroatoms. The monoisotopic (exact) mass is 418 g/mol. The summed E-state index contributed by atoms with van der Waals surface area (Å²) in [5.41, 5.74) is 2.07. The quantitative estimate of drug-likeness (QED) is 0.483. The molecular formula is C23H19FN4O3. The Bertz CT molecular complexity index is 1210. The predicted octanol–water partition coefficient (Wildman–Crippen LogP) is 4.48. The molecule has 156 valence electrons. The van der Waals surface area contributed by atoms with Gasteiger partial charge in [-0.1, -0.05) is 12.1 Å². The molecule has 4 rings (SSSR count). The van der Waals surface area contributed by atoms with Gasteiger partial charge >= 0.3 is 0 Å². The number of nitrogens with zero attached hydrogens (tertiary/aromatic N) is 2. The van der Waals surface area contributed by atoms with Gasteiger partial charge in [-0.15, -0.1) is 0 Å². The number of rotatable bonds is 6. The number of amides is 2. The second-order valence-corrected chi connectivity index (χ2v) is 6.89. The maximum atomic E-state index is 14.2. The van der Waals surface area contributed by atoms with Gasteiger partial charge in [0.05, 0.1) is 24.1 Å². The summed E-state index contributed by atoms with van der Waals surface area (Å²) in [7, 11) is 0. The van der Waals surface area contributed by atoms with E-state index in [1.165, 1.54) is 30.5 Å². The molecule has 0 fully saturated rings. The standard InChI is InChI=1S/C23H19FN4O3/c1-15-19(9-12-31-15)23(30)27-21-13-18(7-8-20(21)24)26-22(29)17-5-3-16(4-6-17)14-28-11-2-10-25-28/h2-13H,14H2,1H3,(H,26,29)(H,27,30). The van der Waals surface area contributed by atoms with E-state index in [9.17, 15) is 14.0 Å². The first kappa shape index (κ1) is 20.1.